The van der Waals surface area contributed by atoms with Gasteiger partial charge in [0.05, 0.1) is 0 Å². The number of rotatable bonds is 2. The van der Waals surface area contributed by atoms with E-state index < -0.39 is 11.9 Å². The summed E-state index contributed by atoms with van der Waals surface area (Å²) in [7, 11) is 0. The van der Waals surface area contributed by atoms with Crippen LogP contribution >= 0.6 is 0 Å². The van der Waals surface area contributed by atoms with E-state index in [0.29, 0.717) is 11.3 Å². The Hall–Kier alpha value is -2.62. The van der Waals surface area contributed by atoms with Crippen LogP contribution in [0.5, 0.6) is 0 Å². The minimum Gasteiger partial charge on any atom is -0.306 e. The Morgan fingerprint density at radius 2 is 1.58 bits per heavy atom. The van der Waals surface area contributed by atoms with Gasteiger partial charge in [-0.1, -0.05) is 35.9 Å². The molecule has 0 saturated carbocycles. The van der Waals surface area contributed by atoms with Gasteiger partial charge in [0, 0.05) is 11.3 Å². The van der Waals surface area contributed by atoms with E-state index in [0.717, 1.165) is 5.56 Å². The van der Waals surface area contributed by atoms with E-state index in [-0.39, 0.29) is 0 Å². The molecule has 0 aromatic heterocycles. The number of anilines is 1. The van der Waals surface area contributed by atoms with Crippen molar-refractivity contribution < 1.29 is 9.59 Å². The van der Waals surface area contributed by atoms with Gasteiger partial charge in [-0.05, 0) is 31.2 Å². The minimum absolute atomic E-state index is 0.397. The largest absolute Gasteiger partial charge is 0.348 e. The normalized spacial score (nSPS) is 9.74. The fourth-order valence-corrected chi connectivity index (χ4v) is 1.53. The van der Waals surface area contributed by atoms with Crippen molar-refractivity contribution in [3.8, 4) is 0 Å². The molecule has 1 N–H and O–H groups in total. The molecule has 0 atom stereocenters. The van der Waals surface area contributed by atoms with Crippen LogP contribution < -0.4 is 10.6 Å². The Balaban J connectivity index is 1.95. The number of carbonyl (C=O) groups excluding carboxylic acids is 2. The number of hydrogen-bond donors (Lipinski definition) is 1. The number of urea groups is 1. The number of nitrogens with one attached hydrogen (secondary N) is 1. The maximum Gasteiger partial charge on any atom is 0.348 e. The second-order valence-corrected chi connectivity index (χ2v) is 4.08. The topological polar surface area (TPSA) is 60.3 Å². The molecule has 0 saturated heterocycles. The first-order chi connectivity index (χ1) is 9.15. The van der Waals surface area contributed by atoms with E-state index >= 15 is 0 Å². The lowest BCUT2D eigenvalue weighted by atomic mass is 10.1. The summed E-state index contributed by atoms with van der Waals surface area (Å²) in [6, 6.07) is 15.1. The number of aryl methyl sites for hydroxylation is 1. The van der Waals surface area contributed by atoms with Crippen molar-refractivity contribution in [2.45, 2.75) is 6.92 Å². The molecule has 4 nitrogen and oxygen atoms in total. The molecule has 1 radical (unpaired) electrons. The lowest BCUT2D eigenvalue weighted by molar-refractivity contribution is 0.0963. The molecular weight excluding hydrogens is 240 g/mol. The highest BCUT2D eigenvalue weighted by Crippen LogP contribution is 2.06. The lowest BCUT2D eigenvalue weighted by Gasteiger charge is -2.04. The summed E-state index contributed by atoms with van der Waals surface area (Å²) in [5.41, 5.74) is 2.05. The molecule has 0 aliphatic heterocycles. The third-order valence-corrected chi connectivity index (χ3v) is 2.53. The van der Waals surface area contributed by atoms with Gasteiger partial charge in [0.1, 0.15) is 0 Å². The van der Waals surface area contributed by atoms with E-state index in [9.17, 15) is 9.59 Å². The molecule has 0 heterocycles. The van der Waals surface area contributed by atoms with Crippen molar-refractivity contribution in [2.24, 2.45) is 0 Å². The second kappa shape index (κ2) is 5.82. The van der Waals surface area contributed by atoms with E-state index in [1.54, 1.807) is 48.5 Å². The molecule has 95 valence electrons. The summed E-state index contributed by atoms with van der Waals surface area (Å²) in [4.78, 5) is 23.3. The number of hydrogen-bond acceptors (Lipinski definition) is 2. The molecule has 2 aromatic rings. The van der Waals surface area contributed by atoms with Gasteiger partial charge in [0.25, 0.3) is 5.91 Å². The number of nitrogens with zero attached hydrogens (tertiary/aromatic N) is 1. The highest BCUT2D eigenvalue weighted by Gasteiger charge is 2.12. The van der Waals surface area contributed by atoms with Crippen LogP contribution in [0.1, 0.15) is 15.9 Å². The zero-order chi connectivity index (χ0) is 13.7. The van der Waals surface area contributed by atoms with Crippen molar-refractivity contribution in [1.82, 2.24) is 5.32 Å². The molecule has 0 aliphatic carbocycles. The van der Waals surface area contributed by atoms with Crippen molar-refractivity contribution in [1.29, 1.82) is 0 Å². The van der Waals surface area contributed by atoms with Crippen LogP contribution in [0, 0.1) is 6.92 Å². The molecule has 4 heteroatoms. The van der Waals surface area contributed by atoms with Crippen LogP contribution in [-0.4, -0.2) is 11.9 Å². The zero-order valence-corrected chi connectivity index (χ0v) is 10.5. The standard InChI is InChI=1S/C15H13N2O2/c1-11-7-9-12(10-8-11)14(18)17-15(19)16-13-5-3-2-4-6-13/h2-10H,1H3,(H,16,19). The number of para-hydroxylation sites is 1. The van der Waals surface area contributed by atoms with Crippen molar-refractivity contribution in [2.75, 3.05) is 5.32 Å². The number of benzene rings is 2. The quantitative estimate of drug-likeness (QED) is 0.894. The lowest BCUT2D eigenvalue weighted by Crippen LogP contribution is -2.27. The summed E-state index contributed by atoms with van der Waals surface area (Å²) in [6.45, 7) is 1.92. The van der Waals surface area contributed by atoms with E-state index in [4.69, 9.17) is 0 Å². The van der Waals surface area contributed by atoms with Crippen LogP contribution in [-0.2, 0) is 0 Å². The summed E-state index contributed by atoms with van der Waals surface area (Å²) in [5.74, 6) is -0.548. The zero-order valence-electron chi connectivity index (χ0n) is 10.5. The summed E-state index contributed by atoms with van der Waals surface area (Å²) >= 11 is 0. The molecular formula is C15H13N2O2. The summed E-state index contributed by atoms with van der Waals surface area (Å²) in [6.07, 6.45) is 0. The third kappa shape index (κ3) is 3.67. The van der Waals surface area contributed by atoms with E-state index in [2.05, 4.69) is 10.6 Å². The Morgan fingerprint density at radius 1 is 0.947 bits per heavy atom. The first-order valence-corrected chi connectivity index (χ1v) is 5.84. The Morgan fingerprint density at radius 3 is 2.21 bits per heavy atom. The molecule has 0 spiro atoms. The van der Waals surface area contributed by atoms with Gasteiger partial charge >= 0.3 is 6.03 Å². The molecule has 3 amide bonds. The number of imide groups is 1. The first kappa shape index (κ1) is 12.8. The smallest absolute Gasteiger partial charge is 0.306 e. The second-order valence-electron chi connectivity index (χ2n) is 4.08. The fraction of sp³-hybridized carbons (Fsp3) is 0.0667. The predicted octanol–water partition coefficient (Wildman–Crippen LogP) is 2.97. The van der Waals surface area contributed by atoms with Gasteiger partial charge in [-0.25, -0.2) is 4.79 Å². The molecule has 0 fully saturated rings. The number of amides is 3. The minimum atomic E-state index is -0.670. The Labute approximate surface area is 111 Å². The van der Waals surface area contributed by atoms with Crippen LogP contribution in [0.15, 0.2) is 54.6 Å². The van der Waals surface area contributed by atoms with Gasteiger partial charge in [0.2, 0.25) is 0 Å². The third-order valence-electron chi connectivity index (χ3n) is 2.53. The van der Waals surface area contributed by atoms with Crippen molar-refractivity contribution in [3.63, 3.8) is 0 Å². The van der Waals surface area contributed by atoms with Gasteiger partial charge in [-0.3, -0.25) is 4.79 Å². The highest BCUT2D eigenvalue weighted by molar-refractivity contribution is 6.07. The predicted molar refractivity (Wildman–Crippen MR) is 73.1 cm³/mol. The first-order valence-electron chi connectivity index (χ1n) is 5.84. The number of carbonyl (C=O) groups is 2. The molecule has 19 heavy (non-hydrogen) atoms. The summed E-state index contributed by atoms with van der Waals surface area (Å²) < 4.78 is 0. The maximum absolute atomic E-state index is 11.7. The maximum atomic E-state index is 11.7. The van der Waals surface area contributed by atoms with Gasteiger partial charge in [0.15, 0.2) is 0 Å². The Bertz CT molecular complexity index is 577. The average molecular weight is 253 g/mol. The molecule has 0 bridgehead atoms. The molecule has 0 aliphatic rings. The molecule has 2 aromatic carbocycles. The van der Waals surface area contributed by atoms with Crippen LogP contribution in [0.25, 0.3) is 0 Å². The summed E-state index contributed by atoms with van der Waals surface area (Å²) in [5, 5.41) is 6.01. The van der Waals surface area contributed by atoms with Crippen molar-refractivity contribution in [3.05, 3.63) is 65.7 Å². The van der Waals surface area contributed by atoms with Gasteiger partial charge in [-0.2, -0.15) is 5.32 Å². The molecule has 0 unspecified atom stereocenters. The van der Waals surface area contributed by atoms with Crippen molar-refractivity contribution >= 4 is 17.6 Å². The average Bonchev–Trinajstić information content (AvgIpc) is 2.40. The monoisotopic (exact) mass is 253 g/mol. The fourth-order valence-electron chi connectivity index (χ4n) is 1.53. The molecule has 2 rings (SSSR count). The highest BCUT2D eigenvalue weighted by atomic mass is 16.2. The van der Waals surface area contributed by atoms with Gasteiger partial charge < -0.3 is 5.32 Å². The van der Waals surface area contributed by atoms with Gasteiger partial charge in [-0.15, -0.1) is 0 Å². The van der Waals surface area contributed by atoms with Crippen LogP contribution in [0.3, 0.4) is 0 Å². The SMILES string of the molecule is Cc1ccc(C(=O)[N]C(=O)Nc2ccccc2)cc1. The van der Waals surface area contributed by atoms with Crippen LogP contribution in [0.2, 0.25) is 0 Å². The van der Waals surface area contributed by atoms with E-state index in [1.165, 1.54) is 0 Å². The Kier molecular flexibility index (Phi) is 3.93. The van der Waals surface area contributed by atoms with E-state index in [1.807, 2.05) is 13.0 Å². The van der Waals surface area contributed by atoms with Crippen LogP contribution in [0.4, 0.5) is 10.5 Å².